The fraction of sp³-hybridized carbons (Fsp3) is 0.308. The molecule has 1 aromatic carbocycles. The molecule has 0 aliphatic carbocycles. The number of rotatable bonds is 6. The van der Waals surface area contributed by atoms with Crippen LogP contribution in [0.3, 0.4) is 0 Å². The number of carbonyl (C=O) groups is 1. The number of hydrogen-bond donors (Lipinski definition) is 2. The van der Waals surface area contributed by atoms with Crippen molar-refractivity contribution in [2.24, 2.45) is 0 Å². The fourth-order valence-electron chi connectivity index (χ4n) is 1.36. The second-order valence-electron chi connectivity index (χ2n) is 3.84. The van der Waals surface area contributed by atoms with Crippen LogP contribution in [0.25, 0.3) is 0 Å². The molecule has 18 heavy (non-hydrogen) atoms. The van der Waals surface area contributed by atoms with Crippen LogP contribution in [0.15, 0.2) is 30.9 Å². The lowest BCUT2D eigenvalue weighted by molar-refractivity contribution is 0.0770. The summed E-state index contributed by atoms with van der Waals surface area (Å²) in [5.41, 5.74) is 5.48. The zero-order chi connectivity index (χ0) is 13.5. The Labute approximate surface area is 106 Å². The zero-order valence-corrected chi connectivity index (χ0v) is 10.3. The molecule has 1 amide bonds. The molecule has 0 aromatic heterocycles. The number of anilines is 1. The van der Waals surface area contributed by atoms with Crippen LogP contribution < -0.4 is 11.1 Å². The minimum Gasteiger partial charge on any atom is -0.396 e. The van der Waals surface area contributed by atoms with Gasteiger partial charge in [-0.25, -0.2) is 4.39 Å². The van der Waals surface area contributed by atoms with E-state index in [-0.39, 0.29) is 17.4 Å². The molecule has 0 bridgehead atoms. The highest BCUT2D eigenvalue weighted by Crippen LogP contribution is 2.15. The van der Waals surface area contributed by atoms with Gasteiger partial charge in [0.15, 0.2) is 0 Å². The molecule has 5 heteroatoms. The van der Waals surface area contributed by atoms with Crippen molar-refractivity contribution < 1.29 is 13.9 Å². The van der Waals surface area contributed by atoms with Crippen LogP contribution in [-0.2, 0) is 4.74 Å². The molecule has 0 spiro atoms. The summed E-state index contributed by atoms with van der Waals surface area (Å²) in [5, 5.41) is 2.63. The van der Waals surface area contributed by atoms with Gasteiger partial charge in [-0.2, -0.15) is 0 Å². The fourth-order valence-corrected chi connectivity index (χ4v) is 1.36. The Hall–Kier alpha value is -1.88. The van der Waals surface area contributed by atoms with Gasteiger partial charge in [-0.15, -0.1) is 6.58 Å². The molecule has 1 aromatic rings. The third kappa shape index (κ3) is 3.85. The van der Waals surface area contributed by atoms with E-state index in [1.54, 1.807) is 6.08 Å². The van der Waals surface area contributed by atoms with E-state index in [0.29, 0.717) is 13.2 Å². The Morgan fingerprint density at radius 2 is 2.39 bits per heavy atom. The Morgan fingerprint density at radius 3 is 3.06 bits per heavy atom. The third-order valence-electron chi connectivity index (χ3n) is 2.35. The maximum Gasteiger partial charge on any atom is 0.253 e. The lowest BCUT2D eigenvalue weighted by Crippen LogP contribution is -2.32. The number of amides is 1. The van der Waals surface area contributed by atoms with Crippen molar-refractivity contribution in [2.75, 3.05) is 18.9 Å². The Bertz CT molecular complexity index is 435. The molecule has 0 fully saturated rings. The van der Waals surface area contributed by atoms with E-state index in [1.165, 1.54) is 18.2 Å². The van der Waals surface area contributed by atoms with Crippen LogP contribution in [0.1, 0.15) is 17.3 Å². The van der Waals surface area contributed by atoms with E-state index in [9.17, 15) is 9.18 Å². The molecule has 98 valence electrons. The van der Waals surface area contributed by atoms with Gasteiger partial charge in [0.1, 0.15) is 5.82 Å². The van der Waals surface area contributed by atoms with Gasteiger partial charge in [-0.3, -0.25) is 4.79 Å². The average molecular weight is 252 g/mol. The van der Waals surface area contributed by atoms with E-state index in [4.69, 9.17) is 10.5 Å². The molecule has 0 saturated heterocycles. The molecule has 1 unspecified atom stereocenters. The van der Waals surface area contributed by atoms with Crippen molar-refractivity contribution in [3.63, 3.8) is 0 Å². The van der Waals surface area contributed by atoms with E-state index in [0.717, 1.165) is 0 Å². The predicted octanol–water partition coefficient (Wildman–Crippen LogP) is 1.73. The first kappa shape index (κ1) is 14.2. The first-order valence-electron chi connectivity index (χ1n) is 5.61. The van der Waals surface area contributed by atoms with Crippen LogP contribution in [0.5, 0.6) is 0 Å². The molecule has 1 rings (SSSR count). The van der Waals surface area contributed by atoms with E-state index >= 15 is 0 Å². The van der Waals surface area contributed by atoms with Crippen LogP contribution in [0.4, 0.5) is 10.1 Å². The average Bonchev–Trinajstić information content (AvgIpc) is 2.36. The van der Waals surface area contributed by atoms with Gasteiger partial charge in [0.25, 0.3) is 5.91 Å². The largest absolute Gasteiger partial charge is 0.396 e. The van der Waals surface area contributed by atoms with Crippen LogP contribution in [0.2, 0.25) is 0 Å². The number of hydrogen-bond acceptors (Lipinski definition) is 3. The molecule has 0 saturated carbocycles. The van der Waals surface area contributed by atoms with Crippen molar-refractivity contribution >= 4 is 11.6 Å². The van der Waals surface area contributed by atoms with E-state index in [1.807, 2.05) is 6.92 Å². The zero-order valence-electron chi connectivity index (χ0n) is 10.3. The van der Waals surface area contributed by atoms with Crippen molar-refractivity contribution in [1.82, 2.24) is 5.32 Å². The minimum atomic E-state index is -0.599. The third-order valence-corrected chi connectivity index (χ3v) is 2.35. The molecular formula is C13H17FN2O2. The topological polar surface area (TPSA) is 64.3 Å². The van der Waals surface area contributed by atoms with Crippen LogP contribution in [0, 0.1) is 5.82 Å². The molecule has 0 radical (unpaired) electrons. The number of halogens is 1. The highest BCUT2D eigenvalue weighted by Gasteiger charge is 2.13. The van der Waals surface area contributed by atoms with Gasteiger partial charge in [0, 0.05) is 6.54 Å². The number of nitrogen functional groups attached to an aromatic ring is 1. The molecule has 3 N–H and O–H groups in total. The summed E-state index contributed by atoms with van der Waals surface area (Å²) in [6.07, 6.45) is 1.48. The van der Waals surface area contributed by atoms with E-state index in [2.05, 4.69) is 11.9 Å². The van der Waals surface area contributed by atoms with Crippen molar-refractivity contribution in [2.45, 2.75) is 13.0 Å². The summed E-state index contributed by atoms with van der Waals surface area (Å²) in [7, 11) is 0. The molecule has 0 aliphatic rings. The van der Waals surface area contributed by atoms with Gasteiger partial charge in [-0.05, 0) is 19.1 Å². The Morgan fingerprint density at radius 1 is 1.67 bits per heavy atom. The molecule has 4 nitrogen and oxygen atoms in total. The number of nitrogens with one attached hydrogen (secondary N) is 1. The van der Waals surface area contributed by atoms with Crippen molar-refractivity contribution in [1.29, 1.82) is 0 Å². The quantitative estimate of drug-likeness (QED) is 0.598. The smallest absolute Gasteiger partial charge is 0.253 e. The molecule has 0 aliphatic heterocycles. The van der Waals surface area contributed by atoms with Crippen molar-refractivity contribution in [3.8, 4) is 0 Å². The monoisotopic (exact) mass is 252 g/mol. The second-order valence-corrected chi connectivity index (χ2v) is 3.84. The maximum absolute atomic E-state index is 13.2. The summed E-state index contributed by atoms with van der Waals surface area (Å²) in [4.78, 5) is 11.8. The van der Waals surface area contributed by atoms with E-state index < -0.39 is 11.7 Å². The SMILES string of the molecule is C=CCOC(C)CNC(=O)c1cccc(F)c1N. The number of benzene rings is 1. The van der Waals surface area contributed by atoms with Crippen LogP contribution in [-0.4, -0.2) is 25.2 Å². The summed E-state index contributed by atoms with van der Waals surface area (Å²) >= 11 is 0. The number of para-hydroxylation sites is 1. The van der Waals surface area contributed by atoms with Gasteiger partial charge in [-0.1, -0.05) is 12.1 Å². The summed E-state index contributed by atoms with van der Waals surface area (Å²) in [6.45, 7) is 6.08. The first-order chi connectivity index (χ1) is 8.56. The number of carbonyl (C=O) groups excluding carboxylic acids is 1. The second kappa shape index (κ2) is 6.76. The van der Waals surface area contributed by atoms with Gasteiger partial charge >= 0.3 is 0 Å². The number of nitrogens with two attached hydrogens (primary N) is 1. The molecule has 0 heterocycles. The summed E-state index contributed by atoms with van der Waals surface area (Å²) < 4.78 is 18.5. The Kier molecular flexibility index (Phi) is 5.32. The first-order valence-corrected chi connectivity index (χ1v) is 5.61. The number of ether oxygens (including phenoxy) is 1. The minimum absolute atomic E-state index is 0.130. The van der Waals surface area contributed by atoms with Crippen LogP contribution >= 0.6 is 0 Å². The lowest BCUT2D eigenvalue weighted by Gasteiger charge is -2.13. The maximum atomic E-state index is 13.2. The standard InChI is InChI=1S/C13H17FN2O2/c1-3-7-18-9(2)8-16-13(17)10-5-4-6-11(14)12(10)15/h3-6,9H,1,7-8,15H2,2H3,(H,16,17). The summed E-state index contributed by atoms with van der Waals surface area (Å²) in [6, 6.07) is 4.13. The summed E-state index contributed by atoms with van der Waals surface area (Å²) in [5.74, 6) is -1.01. The lowest BCUT2D eigenvalue weighted by atomic mass is 10.1. The molecular weight excluding hydrogens is 235 g/mol. The van der Waals surface area contributed by atoms with Gasteiger partial charge in [0.05, 0.1) is 24.0 Å². The molecule has 1 atom stereocenters. The normalized spacial score (nSPS) is 11.9. The highest BCUT2D eigenvalue weighted by molar-refractivity contribution is 5.99. The van der Waals surface area contributed by atoms with Gasteiger partial charge in [0.2, 0.25) is 0 Å². The van der Waals surface area contributed by atoms with Crippen molar-refractivity contribution in [3.05, 3.63) is 42.2 Å². The highest BCUT2D eigenvalue weighted by atomic mass is 19.1. The predicted molar refractivity (Wildman–Crippen MR) is 68.8 cm³/mol. The Balaban J connectivity index is 2.55. The van der Waals surface area contributed by atoms with Gasteiger partial charge < -0.3 is 15.8 Å².